The van der Waals surface area contributed by atoms with E-state index in [4.69, 9.17) is 18.1 Å². The van der Waals surface area contributed by atoms with Gasteiger partial charge < -0.3 is 5.84 Å². The molecule has 29 heavy (non-hydrogen) atoms. The van der Waals surface area contributed by atoms with E-state index in [0.29, 0.717) is 16.3 Å². The number of nitrogen functional groups attached to an aromatic ring is 1. The minimum atomic E-state index is -0.164. The Bertz CT molecular complexity index is 1310. The van der Waals surface area contributed by atoms with Crippen molar-refractivity contribution in [2.75, 3.05) is 5.84 Å². The number of nitrogens with one attached hydrogen (secondary N) is 1. The van der Waals surface area contributed by atoms with E-state index in [1.165, 1.54) is 4.68 Å². The molecule has 2 heterocycles. The second-order valence-corrected chi connectivity index (χ2v) is 6.90. The summed E-state index contributed by atoms with van der Waals surface area (Å²) in [6.07, 6.45) is 1.67. The first-order chi connectivity index (χ1) is 14.0. The van der Waals surface area contributed by atoms with E-state index in [2.05, 4.69) is 15.2 Å². The van der Waals surface area contributed by atoms with Crippen molar-refractivity contribution < 1.29 is 0 Å². The molecule has 0 saturated heterocycles. The summed E-state index contributed by atoms with van der Waals surface area (Å²) in [4.78, 5) is 17.4. The van der Waals surface area contributed by atoms with Gasteiger partial charge in [-0.25, -0.2) is 19.4 Å². The highest BCUT2D eigenvalue weighted by atomic mass is 32.1. The van der Waals surface area contributed by atoms with Gasteiger partial charge in [0, 0.05) is 18.8 Å². The molecule has 3 N–H and O–H groups in total. The van der Waals surface area contributed by atoms with Crippen molar-refractivity contribution in [1.29, 1.82) is 0 Å². The number of para-hydroxylation sites is 1. The van der Waals surface area contributed by atoms with Gasteiger partial charge in [-0.1, -0.05) is 42.5 Å². The van der Waals surface area contributed by atoms with Crippen molar-refractivity contribution in [2.24, 2.45) is 12.0 Å². The van der Waals surface area contributed by atoms with E-state index >= 15 is 0 Å². The van der Waals surface area contributed by atoms with Crippen LogP contribution in [-0.2, 0) is 7.05 Å². The Morgan fingerprint density at radius 3 is 2.45 bits per heavy atom. The molecule has 0 aliphatic rings. The van der Waals surface area contributed by atoms with Gasteiger partial charge in [-0.2, -0.15) is 5.10 Å². The first-order valence-corrected chi connectivity index (χ1v) is 9.29. The molecule has 0 unspecified atom stereocenters. The van der Waals surface area contributed by atoms with E-state index in [1.54, 1.807) is 15.6 Å². The van der Waals surface area contributed by atoms with Crippen molar-refractivity contribution in [3.63, 3.8) is 0 Å². The number of hydrogen-bond acceptors (Lipinski definition) is 5. The number of benzene rings is 2. The third-order valence-electron chi connectivity index (χ3n) is 4.74. The van der Waals surface area contributed by atoms with Crippen LogP contribution in [0.1, 0.15) is 11.3 Å². The Morgan fingerprint density at radius 2 is 1.83 bits per heavy atom. The van der Waals surface area contributed by atoms with Gasteiger partial charge in [-0.3, -0.25) is 9.48 Å². The molecule has 0 spiro atoms. The van der Waals surface area contributed by atoms with Crippen LogP contribution >= 0.6 is 12.2 Å². The van der Waals surface area contributed by atoms with Crippen LogP contribution in [0.5, 0.6) is 0 Å². The molecule has 8 nitrogen and oxygen atoms in total. The fourth-order valence-electron chi connectivity index (χ4n) is 3.07. The highest BCUT2D eigenvalue weighted by Crippen LogP contribution is 2.18. The summed E-state index contributed by atoms with van der Waals surface area (Å²) in [6, 6.07) is 17.0. The lowest BCUT2D eigenvalue weighted by Crippen LogP contribution is -2.19. The van der Waals surface area contributed by atoms with Gasteiger partial charge >= 0.3 is 0 Å². The number of nitrogens with zero attached hydrogens (tertiary/aromatic N) is 5. The van der Waals surface area contributed by atoms with Crippen LogP contribution < -0.4 is 11.4 Å². The number of aromatic amines is 1. The van der Waals surface area contributed by atoms with Crippen LogP contribution in [0.2, 0.25) is 0 Å². The van der Waals surface area contributed by atoms with Crippen LogP contribution in [0.25, 0.3) is 17.1 Å². The summed E-state index contributed by atoms with van der Waals surface area (Å²) in [5.74, 6) is 6.40. The molecule has 0 saturated carbocycles. The molecule has 9 heteroatoms. The lowest BCUT2D eigenvalue weighted by atomic mass is 10.1. The van der Waals surface area contributed by atoms with E-state index < -0.39 is 0 Å². The smallest absolute Gasteiger partial charge is 0.297 e. The lowest BCUT2D eigenvalue weighted by Gasteiger charge is -2.07. The van der Waals surface area contributed by atoms with Crippen LogP contribution in [0.4, 0.5) is 5.69 Å². The van der Waals surface area contributed by atoms with Crippen LogP contribution in [0.3, 0.4) is 0 Å². The van der Waals surface area contributed by atoms with Crippen molar-refractivity contribution in [3.05, 3.63) is 81.0 Å². The number of hydrogen-bond donors (Lipinski definition) is 2. The highest BCUT2D eigenvalue weighted by Gasteiger charge is 2.15. The van der Waals surface area contributed by atoms with Gasteiger partial charge in [0.15, 0.2) is 11.5 Å². The molecule has 2 aromatic heterocycles. The first-order valence-electron chi connectivity index (χ1n) is 8.88. The molecular weight excluding hydrogens is 386 g/mol. The Morgan fingerprint density at radius 1 is 1.14 bits per heavy atom. The number of nitrogens with two attached hydrogens (primary N) is 1. The van der Waals surface area contributed by atoms with Gasteiger partial charge in [-0.15, -0.1) is 0 Å². The van der Waals surface area contributed by atoms with Crippen molar-refractivity contribution in [3.8, 4) is 17.1 Å². The summed E-state index contributed by atoms with van der Waals surface area (Å²) in [5, 5.41) is 6.77. The summed E-state index contributed by atoms with van der Waals surface area (Å²) in [7, 11) is 1.84. The predicted molar refractivity (Wildman–Crippen MR) is 116 cm³/mol. The summed E-state index contributed by atoms with van der Waals surface area (Å²) >= 11 is 5.03. The van der Waals surface area contributed by atoms with Crippen LogP contribution in [0, 0.1) is 11.7 Å². The van der Waals surface area contributed by atoms with E-state index in [1.807, 2.05) is 68.6 Å². The topological polar surface area (TPSA) is 98.9 Å². The monoisotopic (exact) mass is 405 g/mol. The lowest BCUT2D eigenvalue weighted by molar-refractivity contribution is 0.630. The second-order valence-electron chi connectivity index (χ2n) is 6.51. The zero-order chi connectivity index (χ0) is 20.5. The zero-order valence-electron chi connectivity index (χ0n) is 15.9. The minimum Gasteiger partial charge on any atom is -0.335 e. The average Bonchev–Trinajstić information content (AvgIpc) is 3.18. The SMILES string of the molecule is Cc1c(N=Cc2ccc(-c3n[nH]c(=S)n3N)cc2)c(=O)n(-c2ccccc2)n1C. The second kappa shape index (κ2) is 7.36. The molecule has 4 rings (SSSR count). The molecular formula is C20H19N7OS. The van der Waals surface area contributed by atoms with Crippen LogP contribution in [-0.4, -0.2) is 30.5 Å². The molecule has 0 aliphatic heterocycles. The van der Waals surface area contributed by atoms with E-state index in [0.717, 1.165) is 22.5 Å². The quantitative estimate of drug-likeness (QED) is 0.310. The fraction of sp³-hybridized carbons (Fsp3) is 0.100. The molecule has 0 fully saturated rings. The minimum absolute atomic E-state index is 0.164. The molecule has 4 aromatic rings. The largest absolute Gasteiger partial charge is 0.335 e. The average molecular weight is 405 g/mol. The molecule has 2 aromatic carbocycles. The highest BCUT2D eigenvalue weighted by molar-refractivity contribution is 7.71. The summed E-state index contributed by atoms with van der Waals surface area (Å²) in [6.45, 7) is 1.88. The predicted octanol–water partition coefficient (Wildman–Crippen LogP) is 2.87. The standard InChI is InChI=1S/C20H19N7OS/c1-13-17(19(28)27(25(13)2)16-6-4-3-5-7-16)22-12-14-8-10-15(11-9-14)18-23-24-20(29)26(18)21/h3-12H,21H2,1-2H3,(H,24,29). The number of aromatic nitrogens is 5. The van der Waals surface area contributed by atoms with E-state index in [-0.39, 0.29) is 5.56 Å². The normalized spacial score (nSPS) is 11.4. The number of rotatable bonds is 4. The first kappa shape index (κ1) is 18.6. The van der Waals surface area contributed by atoms with Gasteiger partial charge in [-0.05, 0) is 36.8 Å². The summed E-state index contributed by atoms with van der Waals surface area (Å²) in [5.41, 5.74) is 3.49. The van der Waals surface area contributed by atoms with Gasteiger partial charge in [0.2, 0.25) is 4.77 Å². The third kappa shape index (κ3) is 3.32. The fourth-order valence-corrected chi connectivity index (χ4v) is 3.20. The van der Waals surface area contributed by atoms with E-state index in [9.17, 15) is 4.79 Å². The van der Waals surface area contributed by atoms with Gasteiger partial charge in [0.25, 0.3) is 5.56 Å². The number of H-pyrrole nitrogens is 1. The van der Waals surface area contributed by atoms with Gasteiger partial charge in [0.1, 0.15) is 0 Å². The summed E-state index contributed by atoms with van der Waals surface area (Å²) < 4.78 is 5.07. The Hall–Kier alpha value is -3.72. The van der Waals surface area contributed by atoms with Crippen LogP contribution in [0.15, 0.2) is 64.4 Å². The van der Waals surface area contributed by atoms with Crippen molar-refractivity contribution in [2.45, 2.75) is 6.92 Å². The van der Waals surface area contributed by atoms with Gasteiger partial charge in [0.05, 0.1) is 11.4 Å². The maximum atomic E-state index is 12.9. The van der Waals surface area contributed by atoms with Crippen molar-refractivity contribution in [1.82, 2.24) is 24.2 Å². The maximum absolute atomic E-state index is 12.9. The molecule has 0 radical (unpaired) electrons. The third-order valence-corrected chi connectivity index (χ3v) is 5.03. The molecule has 0 atom stereocenters. The molecule has 146 valence electrons. The molecule has 0 bridgehead atoms. The Labute approximate surface area is 171 Å². The Balaban J connectivity index is 1.66. The zero-order valence-corrected chi connectivity index (χ0v) is 16.7. The Kier molecular flexibility index (Phi) is 4.73. The number of aliphatic imine (C=N–C) groups is 1. The van der Waals surface area contributed by atoms with Crippen molar-refractivity contribution >= 4 is 24.1 Å². The maximum Gasteiger partial charge on any atom is 0.297 e. The molecule has 0 aliphatic carbocycles. The molecule has 0 amide bonds.